The van der Waals surface area contributed by atoms with Gasteiger partial charge < -0.3 is 16.0 Å². The molecule has 9 heteroatoms. The molecule has 3 heterocycles. The van der Waals surface area contributed by atoms with Gasteiger partial charge in [0, 0.05) is 11.6 Å². The first-order valence-corrected chi connectivity index (χ1v) is 9.84. The molecular formula is C20H13ClN6OS. The number of nitrogens with one attached hydrogen (secondary N) is 2. The van der Waals surface area contributed by atoms with Crippen LogP contribution in [0.2, 0.25) is 5.02 Å². The third-order valence-electron chi connectivity index (χ3n) is 4.37. The number of aliphatic imine (C=N–C) groups is 1. The van der Waals surface area contributed by atoms with E-state index in [0.717, 1.165) is 22.0 Å². The summed E-state index contributed by atoms with van der Waals surface area (Å²) in [5.74, 6) is 0.0986. The van der Waals surface area contributed by atoms with Gasteiger partial charge in [0.15, 0.2) is 11.1 Å². The zero-order chi connectivity index (χ0) is 20.0. The predicted molar refractivity (Wildman–Crippen MR) is 118 cm³/mol. The lowest BCUT2D eigenvalue weighted by atomic mass is 10.1. The summed E-state index contributed by atoms with van der Waals surface area (Å²) in [6.07, 6.45) is 3.58. The van der Waals surface area contributed by atoms with E-state index in [1.54, 1.807) is 18.3 Å². The Morgan fingerprint density at radius 3 is 2.97 bits per heavy atom. The number of nitrogens with two attached hydrogens (primary N) is 1. The van der Waals surface area contributed by atoms with Gasteiger partial charge in [0.2, 0.25) is 0 Å². The number of imidazole rings is 1. The highest BCUT2D eigenvalue weighted by Crippen LogP contribution is 2.33. The molecule has 1 amide bonds. The van der Waals surface area contributed by atoms with E-state index in [9.17, 15) is 4.79 Å². The highest BCUT2D eigenvalue weighted by Gasteiger charge is 2.24. The minimum atomic E-state index is -0.207. The number of nitrogens with zero attached hydrogens (tertiary/aromatic N) is 3. The standard InChI is InChI=1S/C20H13ClN6OS/c21-12-8-15-16(25-19(22)24-15)9-14(12)26-20-27-18(28)17(29-20)7-10-3-4-13-11(6-10)2-1-5-23-13/h1-9H,(H3,22,24,25)(H,26,27,28)/b17-7-. The van der Waals surface area contributed by atoms with Gasteiger partial charge in [0.05, 0.1) is 32.2 Å². The van der Waals surface area contributed by atoms with Gasteiger partial charge in [-0.15, -0.1) is 0 Å². The number of aromatic nitrogens is 3. The molecule has 4 aromatic rings. The largest absolute Gasteiger partial charge is 0.369 e. The molecule has 0 radical (unpaired) electrons. The summed E-state index contributed by atoms with van der Waals surface area (Å²) in [6, 6.07) is 13.2. The summed E-state index contributed by atoms with van der Waals surface area (Å²) in [4.78, 5) is 28.8. The Hall–Kier alpha value is -3.36. The molecule has 0 aliphatic carbocycles. The highest BCUT2D eigenvalue weighted by molar-refractivity contribution is 8.18. The quantitative estimate of drug-likeness (QED) is 0.420. The van der Waals surface area contributed by atoms with Crippen LogP contribution in [0.15, 0.2) is 58.6 Å². The van der Waals surface area contributed by atoms with E-state index >= 15 is 0 Å². The molecule has 1 fully saturated rings. The number of amides is 1. The van der Waals surface area contributed by atoms with Crippen LogP contribution in [-0.4, -0.2) is 26.0 Å². The number of fused-ring (bicyclic) bond motifs is 2. The molecule has 2 aromatic heterocycles. The number of pyridine rings is 1. The number of thioether (sulfide) groups is 1. The molecule has 2 aromatic carbocycles. The van der Waals surface area contributed by atoms with E-state index in [0.29, 0.717) is 32.2 Å². The summed E-state index contributed by atoms with van der Waals surface area (Å²) in [5.41, 5.74) is 9.39. The number of hydrogen-bond donors (Lipinski definition) is 3. The van der Waals surface area contributed by atoms with Crippen molar-refractivity contribution in [2.24, 2.45) is 4.99 Å². The number of halogens is 1. The summed E-state index contributed by atoms with van der Waals surface area (Å²) in [5, 5.41) is 4.67. The minimum Gasteiger partial charge on any atom is -0.369 e. The van der Waals surface area contributed by atoms with Crippen LogP contribution in [0.5, 0.6) is 0 Å². The molecule has 0 saturated carbocycles. The number of nitrogen functional groups attached to an aromatic ring is 1. The number of rotatable bonds is 2. The molecule has 0 atom stereocenters. The van der Waals surface area contributed by atoms with E-state index < -0.39 is 0 Å². The van der Waals surface area contributed by atoms with E-state index in [4.69, 9.17) is 17.3 Å². The van der Waals surface area contributed by atoms with Crippen molar-refractivity contribution in [1.29, 1.82) is 0 Å². The lowest BCUT2D eigenvalue weighted by Gasteiger charge is -2.00. The van der Waals surface area contributed by atoms with Crippen molar-refractivity contribution in [2.75, 3.05) is 5.73 Å². The van der Waals surface area contributed by atoms with Crippen LogP contribution in [-0.2, 0) is 4.79 Å². The highest BCUT2D eigenvalue weighted by atomic mass is 35.5. The number of hydrogen-bond acceptors (Lipinski definition) is 6. The van der Waals surface area contributed by atoms with Gasteiger partial charge in [-0.3, -0.25) is 9.78 Å². The van der Waals surface area contributed by atoms with Crippen molar-refractivity contribution < 1.29 is 4.79 Å². The number of carbonyl (C=O) groups excluding carboxylic acids is 1. The Morgan fingerprint density at radius 1 is 1.17 bits per heavy atom. The number of carbonyl (C=O) groups is 1. The van der Waals surface area contributed by atoms with Crippen molar-refractivity contribution >= 4 is 74.1 Å². The second-order valence-electron chi connectivity index (χ2n) is 6.38. The summed E-state index contributed by atoms with van der Waals surface area (Å²) >= 11 is 7.57. The molecule has 1 aliphatic heterocycles. The van der Waals surface area contributed by atoms with Crippen LogP contribution in [0.3, 0.4) is 0 Å². The lowest BCUT2D eigenvalue weighted by molar-refractivity contribution is -0.115. The average molecular weight is 421 g/mol. The van der Waals surface area contributed by atoms with Crippen LogP contribution in [0.25, 0.3) is 28.0 Å². The van der Waals surface area contributed by atoms with Gasteiger partial charge in [0.1, 0.15) is 0 Å². The smallest absolute Gasteiger partial charge is 0.264 e. The summed E-state index contributed by atoms with van der Waals surface area (Å²) in [6.45, 7) is 0. The lowest BCUT2D eigenvalue weighted by Crippen LogP contribution is -2.19. The van der Waals surface area contributed by atoms with Gasteiger partial charge in [-0.25, -0.2) is 9.98 Å². The molecule has 29 heavy (non-hydrogen) atoms. The Morgan fingerprint density at radius 2 is 2.07 bits per heavy atom. The normalized spacial score (nSPS) is 16.9. The second kappa shape index (κ2) is 6.91. The maximum atomic E-state index is 12.4. The molecule has 142 valence electrons. The first-order valence-electron chi connectivity index (χ1n) is 8.64. The molecular weight excluding hydrogens is 408 g/mol. The Balaban J connectivity index is 1.46. The Kier molecular flexibility index (Phi) is 4.22. The van der Waals surface area contributed by atoms with Crippen LogP contribution in [0.1, 0.15) is 5.56 Å². The fourth-order valence-electron chi connectivity index (χ4n) is 3.05. The molecule has 0 unspecified atom stereocenters. The molecule has 1 aliphatic rings. The number of aromatic amines is 1. The first-order chi connectivity index (χ1) is 14.0. The number of benzene rings is 2. The average Bonchev–Trinajstić information content (AvgIpc) is 3.22. The zero-order valence-electron chi connectivity index (χ0n) is 14.8. The third kappa shape index (κ3) is 3.43. The van der Waals surface area contributed by atoms with Crippen molar-refractivity contribution in [1.82, 2.24) is 20.3 Å². The van der Waals surface area contributed by atoms with Crippen molar-refractivity contribution in [3.63, 3.8) is 0 Å². The van der Waals surface area contributed by atoms with Gasteiger partial charge >= 0.3 is 0 Å². The van der Waals surface area contributed by atoms with Crippen molar-refractivity contribution in [3.05, 3.63) is 64.2 Å². The number of H-pyrrole nitrogens is 1. The monoisotopic (exact) mass is 420 g/mol. The van der Waals surface area contributed by atoms with Crippen molar-refractivity contribution in [2.45, 2.75) is 0 Å². The van der Waals surface area contributed by atoms with Crippen molar-refractivity contribution in [3.8, 4) is 0 Å². The van der Waals surface area contributed by atoms with Gasteiger partial charge in [-0.2, -0.15) is 0 Å². The van der Waals surface area contributed by atoms with E-state index in [-0.39, 0.29) is 5.91 Å². The maximum absolute atomic E-state index is 12.4. The molecule has 4 N–H and O–H groups in total. The molecule has 7 nitrogen and oxygen atoms in total. The molecule has 0 bridgehead atoms. The fraction of sp³-hybridized carbons (Fsp3) is 0. The molecule has 5 rings (SSSR count). The molecule has 0 spiro atoms. The molecule has 1 saturated heterocycles. The third-order valence-corrected chi connectivity index (χ3v) is 5.58. The minimum absolute atomic E-state index is 0.207. The topological polar surface area (TPSA) is 109 Å². The fourth-order valence-corrected chi connectivity index (χ4v) is 4.09. The summed E-state index contributed by atoms with van der Waals surface area (Å²) in [7, 11) is 0. The Labute approximate surface area is 174 Å². The number of anilines is 1. The first kappa shape index (κ1) is 17.7. The van der Waals surface area contributed by atoms with Gasteiger partial charge in [-0.1, -0.05) is 23.7 Å². The predicted octanol–water partition coefficient (Wildman–Crippen LogP) is 4.24. The Bertz CT molecular complexity index is 1360. The van der Waals surface area contributed by atoms with E-state index in [1.807, 2.05) is 36.4 Å². The number of amidine groups is 1. The van der Waals surface area contributed by atoms with Crippen LogP contribution in [0.4, 0.5) is 11.6 Å². The van der Waals surface area contributed by atoms with E-state index in [2.05, 4.69) is 25.3 Å². The van der Waals surface area contributed by atoms with Gasteiger partial charge in [-0.05, 0) is 53.7 Å². The maximum Gasteiger partial charge on any atom is 0.264 e. The van der Waals surface area contributed by atoms with E-state index in [1.165, 1.54) is 11.8 Å². The second-order valence-corrected chi connectivity index (χ2v) is 7.82. The SMILES string of the molecule is Nc1nc2cc(N=C3NC(=O)/C(=C/c4ccc5ncccc5c4)S3)c(Cl)cc2[nH]1. The van der Waals surface area contributed by atoms with Crippen LogP contribution in [0, 0.1) is 0 Å². The summed E-state index contributed by atoms with van der Waals surface area (Å²) < 4.78 is 0. The van der Waals surface area contributed by atoms with Crippen LogP contribution >= 0.6 is 23.4 Å². The van der Waals surface area contributed by atoms with Crippen LogP contribution < -0.4 is 11.1 Å². The van der Waals surface area contributed by atoms with Gasteiger partial charge in [0.25, 0.3) is 5.91 Å². The zero-order valence-corrected chi connectivity index (χ0v) is 16.4.